The van der Waals surface area contributed by atoms with E-state index in [1.54, 1.807) is 4.68 Å². The second kappa shape index (κ2) is 4.94. The third-order valence-electron chi connectivity index (χ3n) is 2.55. The van der Waals surface area contributed by atoms with E-state index in [-0.39, 0.29) is 0 Å². The molecule has 17 heavy (non-hydrogen) atoms. The number of aromatic nitrogens is 6. The first kappa shape index (κ1) is 11.6. The third-order valence-corrected chi connectivity index (χ3v) is 2.55. The van der Waals surface area contributed by atoms with Gasteiger partial charge in [0.05, 0.1) is 5.69 Å². The summed E-state index contributed by atoms with van der Waals surface area (Å²) in [6.45, 7) is 5.80. The standard InChI is InChI=1S/C10H17N7/c1-8-7-9(2)17(13-8)6-4-5-11-10-12-14-15-16(10)3/h7H,4-6H2,1-3H3,(H,11,12,15). The fraction of sp³-hybridized carbons (Fsp3) is 0.600. The third kappa shape index (κ3) is 2.80. The first-order valence-corrected chi connectivity index (χ1v) is 5.64. The molecule has 2 heterocycles. The van der Waals surface area contributed by atoms with Crippen LogP contribution in [0.3, 0.4) is 0 Å². The zero-order valence-electron chi connectivity index (χ0n) is 10.4. The quantitative estimate of drug-likeness (QED) is 0.765. The molecule has 92 valence electrons. The molecule has 0 saturated carbocycles. The number of nitrogens with one attached hydrogen (secondary N) is 1. The minimum absolute atomic E-state index is 0.693. The molecule has 0 aromatic carbocycles. The molecule has 1 N–H and O–H groups in total. The largest absolute Gasteiger partial charge is 0.353 e. The lowest BCUT2D eigenvalue weighted by Gasteiger charge is -2.05. The van der Waals surface area contributed by atoms with Crippen LogP contribution in [0.4, 0.5) is 5.95 Å². The average Bonchev–Trinajstić information content (AvgIpc) is 2.81. The van der Waals surface area contributed by atoms with Gasteiger partial charge in [0.25, 0.3) is 0 Å². The Morgan fingerprint density at radius 3 is 2.76 bits per heavy atom. The maximum atomic E-state index is 4.41. The Morgan fingerprint density at radius 2 is 2.18 bits per heavy atom. The fourth-order valence-electron chi connectivity index (χ4n) is 1.71. The number of tetrazole rings is 1. The Kier molecular flexibility index (Phi) is 3.36. The summed E-state index contributed by atoms with van der Waals surface area (Å²) < 4.78 is 3.63. The zero-order chi connectivity index (χ0) is 12.3. The SMILES string of the molecule is Cc1cc(C)n(CCCNc2nnnn2C)n1. The monoisotopic (exact) mass is 235 g/mol. The molecule has 7 heteroatoms. The van der Waals surface area contributed by atoms with E-state index in [0.29, 0.717) is 5.95 Å². The highest BCUT2D eigenvalue weighted by molar-refractivity contribution is 5.20. The summed E-state index contributed by atoms with van der Waals surface area (Å²) in [6.07, 6.45) is 0.981. The predicted molar refractivity (Wildman–Crippen MR) is 63.6 cm³/mol. The molecule has 0 atom stereocenters. The Labute approximate surface area is 99.8 Å². The second-order valence-electron chi connectivity index (χ2n) is 4.06. The maximum absolute atomic E-state index is 4.41. The number of anilines is 1. The highest BCUT2D eigenvalue weighted by Crippen LogP contribution is 2.03. The number of rotatable bonds is 5. The van der Waals surface area contributed by atoms with Crippen molar-refractivity contribution in [2.24, 2.45) is 7.05 Å². The normalized spacial score (nSPS) is 10.8. The van der Waals surface area contributed by atoms with Gasteiger partial charge in [-0.3, -0.25) is 4.68 Å². The highest BCUT2D eigenvalue weighted by Gasteiger charge is 2.02. The van der Waals surface area contributed by atoms with Crippen LogP contribution in [0.15, 0.2) is 6.07 Å². The van der Waals surface area contributed by atoms with Crippen LogP contribution in [0.1, 0.15) is 17.8 Å². The minimum Gasteiger partial charge on any atom is -0.353 e. The molecule has 0 amide bonds. The molecule has 2 aromatic rings. The van der Waals surface area contributed by atoms with Crippen LogP contribution in [0.25, 0.3) is 0 Å². The van der Waals surface area contributed by atoms with E-state index in [0.717, 1.165) is 25.2 Å². The number of aryl methyl sites for hydroxylation is 4. The summed E-state index contributed by atoms with van der Waals surface area (Å²) in [4.78, 5) is 0. The molecular formula is C10H17N7. The molecule has 0 bridgehead atoms. The van der Waals surface area contributed by atoms with Crippen molar-refractivity contribution in [1.82, 2.24) is 30.0 Å². The summed E-state index contributed by atoms with van der Waals surface area (Å²) in [5.41, 5.74) is 2.26. The van der Waals surface area contributed by atoms with Gasteiger partial charge in [-0.15, -0.1) is 0 Å². The number of hydrogen-bond donors (Lipinski definition) is 1. The van der Waals surface area contributed by atoms with Gasteiger partial charge in [-0.1, -0.05) is 5.10 Å². The Bertz CT molecular complexity index is 485. The molecule has 0 aliphatic carbocycles. The summed E-state index contributed by atoms with van der Waals surface area (Å²) in [7, 11) is 1.81. The van der Waals surface area contributed by atoms with Gasteiger partial charge in [0.1, 0.15) is 0 Å². The van der Waals surface area contributed by atoms with Crippen LogP contribution in [0.5, 0.6) is 0 Å². The van der Waals surface area contributed by atoms with Crippen molar-refractivity contribution in [2.75, 3.05) is 11.9 Å². The molecule has 0 aliphatic rings. The molecule has 7 nitrogen and oxygen atoms in total. The lowest BCUT2D eigenvalue weighted by Crippen LogP contribution is -2.11. The van der Waals surface area contributed by atoms with Crippen LogP contribution in [0.2, 0.25) is 0 Å². The maximum Gasteiger partial charge on any atom is 0.242 e. The lowest BCUT2D eigenvalue weighted by atomic mass is 10.4. The van der Waals surface area contributed by atoms with E-state index in [2.05, 4.69) is 38.9 Å². The van der Waals surface area contributed by atoms with Gasteiger partial charge >= 0.3 is 0 Å². The van der Waals surface area contributed by atoms with E-state index in [9.17, 15) is 0 Å². The van der Waals surface area contributed by atoms with Gasteiger partial charge in [0.2, 0.25) is 5.95 Å². The van der Waals surface area contributed by atoms with Gasteiger partial charge in [-0.25, -0.2) is 4.68 Å². The van der Waals surface area contributed by atoms with Crippen LogP contribution < -0.4 is 5.32 Å². The van der Waals surface area contributed by atoms with Crippen LogP contribution >= 0.6 is 0 Å². The van der Waals surface area contributed by atoms with Crippen molar-refractivity contribution in [3.63, 3.8) is 0 Å². The van der Waals surface area contributed by atoms with Gasteiger partial charge in [-0.2, -0.15) is 5.10 Å². The van der Waals surface area contributed by atoms with Crippen LogP contribution in [-0.2, 0) is 13.6 Å². The van der Waals surface area contributed by atoms with E-state index in [1.807, 2.05) is 18.7 Å². The molecule has 0 unspecified atom stereocenters. The average molecular weight is 235 g/mol. The van der Waals surface area contributed by atoms with Crippen molar-refractivity contribution in [3.8, 4) is 0 Å². The van der Waals surface area contributed by atoms with Crippen molar-refractivity contribution in [2.45, 2.75) is 26.8 Å². The van der Waals surface area contributed by atoms with Crippen molar-refractivity contribution in [3.05, 3.63) is 17.5 Å². The van der Waals surface area contributed by atoms with E-state index in [1.165, 1.54) is 5.69 Å². The molecule has 0 spiro atoms. The molecule has 2 rings (SSSR count). The molecular weight excluding hydrogens is 218 g/mol. The smallest absolute Gasteiger partial charge is 0.242 e. The summed E-state index contributed by atoms with van der Waals surface area (Å²) in [5, 5.41) is 18.7. The molecule has 0 saturated heterocycles. The van der Waals surface area contributed by atoms with E-state index in [4.69, 9.17) is 0 Å². The molecule has 0 radical (unpaired) electrons. The zero-order valence-corrected chi connectivity index (χ0v) is 10.4. The summed E-state index contributed by atoms with van der Waals surface area (Å²) >= 11 is 0. The van der Waals surface area contributed by atoms with Crippen molar-refractivity contribution in [1.29, 1.82) is 0 Å². The summed E-state index contributed by atoms with van der Waals surface area (Å²) in [5.74, 6) is 0.693. The fourth-order valence-corrected chi connectivity index (χ4v) is 1.71. The van der Waals surface area contributed by atoms with Gasteiger partial charge in [0, 0.05) is 25.8 Å². The topological polar surface area (TPSA) is 73.5 Å². The van der Waals surface area contributed by atoms with Gasteiger partial charge in [0.15, 0.2) is 0 Å². The molecule has 0 fully saturated rings. The second-order valence-corrected chi connectivity index (χ2v) is 4.06. The highest BCUT2D eigenvalue weighted by atomic mass is 15.6. The first-order chi connectivity index (χ1) is 8.16. The lowest BCUT2D eigenvalue weighted by molar-refractivity contribution is 0.572. The van der Waals surface area contributed by atoms with Crippen LogP contribution in [-0.4, -0.2) is 36.5 Å². The molecule has 2 aromatic heterocycles. The first-order valence-electron chi connectivity index (χ1n) is 5.64. The van der Waals surface area contributed by atoms with E-state index >= 15 is 0 Å². The molecule has 0 aliphatic heterocycles. The Balaban J connectivity index is 1.77. The van der Waals surface area contributed by atoms with Crippen molar-refractivity contribution >= 4 is 5.95 Å². The predicted octanol–water partition coefficient (Wildman–Crippen LogP) is 0.526. The number of hydrogen-bond acceptors (Lipinski definition) is 5. The van der Waals surface area contributed by atoms with Crippen LogP contribution in [0, 0.1) is 13.8 Å². The Hall–Kier alpha value is -1.92. The van der Waals surface area contributed by atoms with Gasteiger partial charge in [-0.05, 0) is 36.8 Å². The minimum atomic E-state index is 0.693. The number of nitrogens with zero attached hydrogens (tertiary/aromatic N) is 6. The van der Waals surface area contributed by atoms with E-state index < -0.39 is 0 Å². The van der Waals surface area contributed by atoms with Crippen molar-refractivity contribution < 1.29 is 0 Å². The van der Waals surface area contributed by atoms with Gasteiger partial charge < -0.3 is 5.32 Å². The Morgan fingerprint density at radius 1 is 1.35 bits per heavy atom. The summed E-state index contributed by atoms with van der Waals surface area (Å²) in [6, 6.07) is 2.08.